The maximum absolute atomic E-state index is 11.9. The predicted molar refractivity (Wildman–Crippen MR) is 63.9 cm³/mol. The van der Waals surface area contributed by atoms with Gasteiger partial charge >= 0.3 is 5.97 Å². The van der Waals surface area contributed by atoms with Crippen LogP contribution in [0.4, 0.5) is 0 Å². The number of hydrogen-bond donors (Lipinski definition) is 0. The molecule has 8 heteroatoms. The zero-order chi connectivity index (χ0) is 14.3. The Hall–Kier alpha value is -2.67. The van der Waals surface area contributed by atoms with Gasteiger partial charge in [0.2, 0.25) is 5.22 Å². The van der Waals surface area contributed by atoms with Crippen LogP contribution in [0.1, 0.15) is 31.2 Å². The van der Waals surface area contributed by atoms with E-state index in [2.05, 4.69) is 9.68 Å². The normalized spacial score (nSPS) is 13.6. The molecule has 2 heterocycles. The molecule has 20 heavy (non-hydrogen) atoms. The smallest absolute Gasteiger partial charge is 0.344 e. The summed E-state index contributed by atoms with van der Waals surface area (Å²) >= 11 is 5.47. The maximum atomic E-state index is 11.9. The Morgan fingerprint density at radius 3 is 2.30 bits per heavy atom. The molecule has 3 rings (SSSR count). The van der Waals surface area contributed by atoms with Gasteiger partial charge in [-0.3, -0.25) is 9.59 Å². The molecule has 7 nitrogen and oxygen atoms in total. The summed E-state index contributed by atoms with van der Waals surface area (Å²) in [6, 6.07) is 7.26. The van der Waals surface area contributed by atoms with Crippen molar-refractivity contribution < 1.29 is 23.7 Å². The molecule has 1 aliphatic rings. The largest absolute Gasteiger partial charge is 0.385 e. The van der Waals surface area contributed by atoms with Gasteiger partial charge in [0.15, 0.2) is 5.69 Å². The minimum atomic E-state index is -1.02. The first-order chi connectivity index (χ1) is 9.58. The van der Waals surface area contributed by atoms with Crippen LogP contribution in [-0.2, 0) is 4.84 Å². The fourth-order valence-corrected chi connectivity index (χ4v) is 1.87. The number of aromatic nitrogens is 1. The van der Waals surface area contributed by atoms with Crippen LogP contribution in [0.15, 0.2) is 34.9 Å². The zero-order valence-corrected chi connectivity index (χ0v) is 10.5. The summed E-state index contributed by atoms with van der Waals surface area (Å²) in [5, 5.41) is 3.60. The number of hydroxylamine groups is 2. The van der Waals surface area contributed by atoms with Crippen molar-refractivity contribution in [3.8, 4) is 0 Å². The van der Waals surface area contributed by atoms with E-state index in [0.29, 0.717) is 5.06 Å². The molecule has 0 saturated carbocycles. The third-order valence-electron chi connectivity index (χ3n) is 2.62. The molecule has 0 aliphatic carbocycles. The lowest BCUT2D eigenvalue weighted by Crippen LogP contribution is -2.32. The minimum Gasteiger partial charge on any atom is -0.344 e. The Balaban J connectivity index is 1.85. The first-order valence-corrected chi connectivity index (χ1v) is 5.78. The third kappa shape index (κ3) is 1.84. The molecule has 0 radical (unpaired) electrons. The number of hydrogen-bond acceptors (Lipinski definition) is 6. The van der Waals surface area contributed by atoms with Gasteiger partial charge in [-0.05, 0) is 23.7 Å². The van der Waals surface area contributed by atoms with Crippen LogP contribution in [0.2, 0.25) is 5.22 Å². The lowest BCUT2D eigenvalue weighted by molar-refractivity contribution is -0.0590. The molecule has 1 aliphatic heterocycles. The fraction of sp³-hybridized carbons (Fsp3) is 0. The number of nitrogens with zero attached hydrogens (tertiary/aromatic N) is 2. The Morgan fingerprint density at radius 1 is 1.20 bits per heavy atom. The molecule has 0 N–H and O–H groups in total. The average Bonchev–Trinajstić information content (AvgIpc) is 2.98. The van der Waals surface area contributed by atoms with Crippen molar-refractivity contribution in [3.05, 3.63) is 52.4 Å². The first-order valence-electron chi connectivity index (χ1n) is 5.40. The number of benzene rings is 1. The third-order valence-corrected chi connectivity index (χ3v) is 2.80. The Morgan fingerprint density at radius 2 is 1.80 bits per heavy atom. The van der Waals surface area contributed by atoms with Crippen molar-refractivity contribution >= 4 is 29.4 Å². The molecule has 0 spiro atoms. The number of imide groups is 1. The molecular formula is C12H5ClN2O5. The van der Waals surface area contributed by atoms with Crippen LogP contribution in [0.25, 0.3) is 0 Å². The van der Waals surface area contributed by atoms with E-state index >= 15 is 0 Å². The monoisotopic (exact) mass is 292 g/mol. The van der Waals surface area contributed by atoms with Crippen LogP contribution in [0, 0.1) is 0 Å². The molecule has 0 unspecified atom stereocenters. The summed E-state index contributed by atoms with van der Waals surface area (Å²) in [4.78, 5) is 40.3. The Labute approximate surface area is 116 Å². The summed E-state index contributed by atoms with van der Waals surface area (Å²) in [6.45, 7) is 0. The minimum absolute atomic E-state index is 0.112. The van der Waals surface area contributed by atoms with Crippen molar-refractivity contribution in [2.75, 3.05) is 0 Å². The molecule has 0 bridgehead atoms. The van der Waals surface area contributed by atoms with Gasteiger partial charge in [-0.15, -0.1) is 0 Å². The summed E-state index contributed by atoms with van der Waals surface area (Å²) in [5.74, 6) is -2.45. The number of carbonyl (C=O) groups excluding carboxylic acids is 3. The summed E-state index contributed by atoms with van der Waals surface area (Å²) in [7, 11) is 0. The van der Waals surface area contributed by atoms with Crippen molar-refractivity contribution in [2.24, 2.45) is 0 Å². The SMILES string of the molecule is O=C(ON1C(=O)c2ccccc2C1=O)c1cc(Cl)on1. The van der Waals surface area contributed by atoms with E-state index in [-0.39, 0.29) is 22.0 Å². The van der Waals surface area contributed by atoms with E-state index < -0.39 is 17.8 Å². The lowest BCUT2D eigenvalue weighted by atomic mass is 10.1. The van der Waals surface area contributed by atoms with Gasteiger partial charge in [0.25, 0.3) is 11.8 Å². The number of carbonyl (C=O) groups is 3. The highest BCUT2D eigenvalue weighted by Crippen LogP contribution is 2.23. The van der Waals surface area contributed by atoms with E-state index in [1.807, 2.05) is 0 Å². The number of halogens is 1. The summed E-state index contributed by atoms with van der Waals surface area (Å²) in [5.41, 5.74) is 0.0959. The van der Waals surface area contributed by atoms with Crippen molar-refractivity contribution in [2.45, 2.75) is 0 Å². The molecule has 0 fully saturated rings. The topological polar surface area (TPSA) is 89.7 Å². The van der Waals surface area contributed by atoms with Gasteiger partial charge in [0, 0.05) is 6.07 Å². The van der Waals surface area contributed by atoms with Crippen molar-refractivity contribution in [1.82, 2.24) is 10.2 Å². The average molecular weight is 293 g/mol. The standard InChI is InChI=1S/C12H5ClN2O5/c13-9-5-8(14-19-9)12(18)20-15-10(16)6-3-1-2-4-7(6)11(15)17/h1-5H. The summed E-state index contributed by atoms with van der Waals surface area (Å²) in [6.07, 6.45) is 0. The molecule has 2 aromatic rings. The number of fused-ring (bicyclic) bond motifs is 1. The second-order valence-corrected chi connectivity index (χ2v) is 4.22. The number of amides is 2. The predicted octanol–water partition coefficient (Wildman–Crippen LogP) is 1.70. The van der Waals surface area contributed by atoms with E-state index in [1.165, 1.54) is 12.1 Å². The van der Waals surface area contributed by atoms with Gasteiger partial charge in [-0.1, -0.05) is 22.4 Å². The van der Waals surface area contributed by atoms with Gasteiger partial charge in [-0.25, -0.2) is 4.79 Å². The lowest BCUT2D eigenvalue weighted by Gasteiger charge is -2.10. The van der Waals surface area contributed by atoms with Gasteiger partial charge in [-0.2, -0.15) is 0 Å². The molecular weight excluding hydrogens is 288 g/mol. The molecule has 1 aromatic heterocycles. The Kier molecular flexibility index (Phi) is 2.76. The van der Waals surface area contributed by atoms with Crippen molar-refractivity contribution in [1.29, 1.82) is 0 Å². The summed E-state index contributed by atoms with van der Waals surface area (Å²) < 4.78 is 4.49. The zero-order valence-electron chi connectivity index (χ0n) is 9.70. The molecule has 2 amide bonds. The van der Waals surface area contributed by atoms with Crippen LogP contribution in [0.3, 0.4) is 0 Å². The van der Waals surface area contributed by atoms with E-state index in [9.17, 15) is 14.4 Å². The van der Waals surface area contributed by atoms with E-state index in [4.69, 9.17) is 16.4 Å². The van der Waals surface area contributed by atoms with Gasteiger partial charge in [0.05, 0.1) is 11.1 Å². The highest BCUT2D eigenvalue weighted by molar-refractivity contribution is 6.29. The maximum Gasteiger partial charge on any atom is 0.385 e. The Bertz CT molecular complexity index is 704. The highest BCUT2D eigenvalue weighted by atomic mass is 35.5. The number of rotatable bonds is 2. The van der Waals surface area contributed by atoms with E-state index in [1.54, 1.807) is 12.1 Å². The van der Waals surface area contributed by atoms with Crippen LogP contribution in [0.5, 0.6) is 0 Å². The highest BCUT2D eigenvalue weighted by Gasteiger charge is 2.39. The van der Waals surface area contributed by atoms with Gasteiger partial charge in [0.1, 0.15) is 0 Å². The van der Waals surface area contributed by atoms with Crippen LogP contribution >= 0.6 is 11.6 Å². The van der Waals surface area contributed by atoms with Crippen LogP contribution < -0.4 is 0 Å². The molecule has 1 aromatic carbocycles. The fourth-order valence-electron chi connectivity index (χ4n) is 1.73. The molecule has 0 atom stereocenters. The van der Waals surface area contributed by atoms with Crippen LogP contribution in [-0.4, -0.2) is 28.0 Å². The van der Waals surface area contributed by atoms with Crippen molar-refractivity contribution in [3.63, 3.8) is 0 Å². The molecule has 100 valence electrons. The second kappa shape index (κ2) is 4.46. The second-order valence-electron chi connectivity index (χ2n) is 3.85. The quantitative estimate of drug-likeness (QED) is 0.783. The molecule has 0 saturated heterocycles. The van der Waals surface area contributed by atoms with Gasteiger partial charge < -0.3 is 9.36 Å². The first kappa shape index (κ1) is 12.4. The van der Waals surface area contributed by atoms with E-state index in [0.717, 1.165) is 6.07 Å².